The summed E-state index contributed by atoms with van der Waals surface area (Å²) in [6.45, 7) is 5.01. The van der Waals surface area contributed by atoms with Crippen molar-refractivity contribution in [3.05, 3.63) is 35.6 Å². The predicted octanol–water partition coefficient (Wildman–Crippen LogP) is 2.71. The average molecular weight is 352 g/mol. The standard InChI is InChI=1S/C14H23FN2O3S.H2S/c1-14(2,16-9-6-10-17(3)21-20-19)13(18)11-7-4-5-8-12(11)15;/h4-5,7-8,13,16,18-19H,6,9-10H2,1-3H3;1H2. The van der Waals surface area contributed by atoms with Crippen LogP contribution in [0.25, 0.3) is 0 Å². The van der Waals surface area contributed by atoms with Crippen LogP contribution in [-0.2, 0) is 4.33 Å². The summed E-state index contributed by atoms with van der Waals surface area (Å²) in [5.74, 6) is -0.406. The van der Waals surface area contributed by atoms with E-state index in [1.807, 2.05) is 13.8 Å². The Morgan fingerprint density at radius 3 is 2.64 bits per heavy atom. The van der Waals surface area contributed by atoms with E-state index in [4.69, 9.17) is 5.26 Å². The maximum atomic E-state index is 13.7. The summed E-state index contributed by atoms with van der Waals surface area (Å²) in [7, 11) is 1.79. The van der Waals surface area contributed by atoms with Gasteiger partial charge in [-0.3, -0.25) is 0 Å². The van der Waals surface area contributed by atoms with Gasteiger partial charge in [0.05, 0.1) is 6.10 Å². The van der Waals surface area contributed by atoms with Crippen molar-refractivity contribution < 1.29 is 19.1 Å². The molecule has 3 N–H and O–H groups in total. The van der Waals surface area contributed by atoms with E-state index in [9.17, 15) is 9.50 Å². The van der Waals surface area contributed by atoms with E-state index in [0.717, 1.165) is 18.6 Å². The molecule has 8 heteroatoms. The molecule has 0 saturated heterocycles. The lowest BCUT2D eigenvalue weighted by Crippen LogP contribution is -2.45. The fourth-order valence-electron chi connectivity index (χ4n) is 1.99. The second-order valence-electron chi connectivity index (χ2n) is 5.43. The molecule has 1 unspecified atom stereocenters. The van der Waals surface area contributed by atoms with E-state index in [2.05, 4.69) is 9.65 Å². The molecule has 1 aromatic rings. The fourth-order valence-corrected chi connectivity index (χ4v) is 2.31. The predicted molar refractivity (Wildman–Crippen MR) is 92.4 cm³/mol. The molecule has 22 heavy (non-hydrogen) atoms. The Morgan fingerprint density at radius 1 is 1.41 bits per heavy atom. The third kappa shape index (κ3) is 6.82. The fraction of sp³-hybridized carbons (Fsp3) is 0.571. The molecule has 0 spiro atoms. The van der Waals surface area contributed by atoms with E-state index in [0.29, 0.717) is 13.1 Å². The van der Waals surface area contributed by atoms with Crippen LogP contribution in [0.5, 0.6) is 0 Å². The lowest BCUT2D eigenvalue weighted by atomic mass is 9.91. The number of nitrogens with zero attached hydrogens (tertiary/aromatic N) is 1. The number of benzene rings is 1. The van der Waals surface area contributed by atoms with Gasteiger partial charge in [-0.25, -0.2) is 14.0 Å². The molecule has 0 fully saturated rings. The van der Waals surface area contributed by atoms with Crippen LogP contribution in [0.15, 0.2) is 24.3 Å². The summed E-state index contributed by atoms with van der Waals surface area (Å²) < 4.78 is 19.4. The number of aliphatic hydroxyl groups excluding tert-OH is 1. The van der Waals surface area contributed by atoms with Gasteiger partial charge in [-0.15, -0.1) is 4.33 Å². The van der Waals surface area contributed by atoms with Gasteiger partial charge in [0.1, 0.15) is 18.0 Å². The lowest BCUT2D eigenvalue weighted by Gasteiger charge is -2.32. The second kappa shape index (κ2) is 10.4. The van der Waals surface area contributed by atoms with Crippen molar-refractivity contribution >= 4 is 25.7 Å². The normalized spacial score (nSPS) is 13.0. The molecule has 0 aliphatic carbocycles. The largest absolute Gasteiger partial charge is 0.386 e. The van der Waals surface area contributed by atoms with Crippen molar-refractivity contribution in [2.24, 2.45) is 0 Å². The zero-order valence-electron chi connectivity index (χ0n) is 13.0. The Kier molecular flexibility index (Phi) is 10.3. The van der Waals surface area contributed by atoms with Gasteiger partial charge < -0.3 is 10.4 Å². The molecule has 0 aliphatic rings. The molecule has 0 radical (unpaired) electrons. The van der Waals surface area contributed by atoms with Gasteiger partial charge in [0.15, 0.2) is 0 Å². The first kappa shape index (κ1) is 21.6. The number of halogens is 1. The Bertz CT molecular complexity index is 438. The van der Waals surface area contributed by atoms with Crippen molar-refractivity contribution in [3.8, 4) is 0 Å². The molecule has 0 heterocycles. The number of hydrogen-bond donors (Lipinski definition) is 3. The van der Waals surface area contributed by atoms with E-state index in [1.165, 1.54) is 6.07 Å². The molecule has 0 bridgehead atoms. The Morgan fingerprint density at radius 2 is 2.05 bits per heavy atom. The summed E-state index contributed by atoms with van der Waals surface area (Å²) >= 11 is 0.856. The third-order valence-corrected chi connectivity index (χ3v) is 3.78. The zero-order valence-corrected chi connectivity index (χ0v) is 14.9. The first-order valence-electron chi connectivity index (χ1n) is 6.75. The summed E-state index contributed by atoms with van der Waals surface area (Å²) in [6.07, 6.45) is -0.146. The van der Waals surface area contributed by atoms with Crippen molar-refractivity contribution in [2.75, 3.05) is 20.1 Å². The smallest absolute Gasteiger partial charge is 0.129 e. The summed E-state index contributed by atoms with van der Waals surface area (Å²) in [6, 6.07) is 6.24. The van der Waals surface area contributed by atoms with Crippen molar-refractivity contribution in [3.63, 3.8) is 0 Å². The van der Waals surface area contributed by atoms with Crippen LogP contribution in [0.4, 0.5) is 4.39 Å². The first-order valence-corrected chi connectivity index (χ1v) is 7.45. The minimum Gasteiger partial charge on any atom is -0.386 e. The minimum atomic E-state index is -0.938. The van der Waals surface area contributed by atoms with E-state index >= 15 is 0 Å². The number of hydrogen-bond acceptors (Lipinski definition) is 6. The highest BCUT2D eigenvalue weighted by molar-refractivity contribution is 7.92. The number of aliphatic hydroxyl groups is 1. The number of nitrogens with one attached hydrogen (secondary N) is 1. The molecule has 5 nitrogen and oxygen atoms in total. The second-order valence-corrected chi connectivity index (χ2v) is 6.35. The monoisotopic (exact) mass is 352 g/mol. The van der Waals surface area contributed by atoms with Crippen LogP contribution in [-0.4, -0.2) is 40.3 Å². The van der Waals surface area contributed by atoms with Gasteiger partial charge in [-0.1, -0.05) is 18.2 Å². The first-order chi connectivity index (χ1) is 9.88. The van der Waals surface area contributed by atoms with E-state index in [1.54, 1.807) is 29.6 Å². The molecule has 1 aromatic carbocycles. The SMILES string of the molecule is CN(CCCNC(C)(C)C(O)c1ccccc1F)SOO.S. The van der Waals surface area contributed by atoms with Crippen molar-refractivity contribution in [2.45, 2.75) is 31.9 Å². The van der Waals surface area contributed by atoms with Crippen LogP contribution in [0, 0.1) is 5.82 Å². The summed E-state index contributed by atoms with van der Waals surface area (Å²) in [5.41, 5.74) is -0.363. The molecule has 0 amide bonds. The maximum absolute atomic E-state index is 13.7. The maximum Gasteiger partial charge on any atom is 0.129 e. The van der Waals surface area contributed by atoms with Crippen LogP contribution in [0.1, 0.15) is 31.9 Å². The highest BCUT2D eigenvalue weighted by Crippen LogP contribution is 2.27. The molecule has 0 saturated carbocycles. The molecule has 0 aliphatic heterocycles. The Balaban J connectivity index is 0.00000441. The molecular weight excluding hydrogens is 327 g/mol. The van der Waals surface area contributed by atoms with Crippen LogP contribution < -0.4 is 5.32 Å². The average Bonchev–Trinajstić information content (AvgIpc) is 2.44. The van der Waals surface area contributed by atoms with Crippen LogP contribution >= 0.6 is 25.7 Å². The zero-order chi connectivity index (χ0) is 15.9. The van der Waals surface area contributed by atoms with Crippen LogP contribution in [0.3, 0.4) is 0 Å². The van der Waals surface area contributed by atoms with E-state index < -0.39 is 17.5 Å². The Hall–Kier alpha value is -0.350. The van der Waals surface area contributed by atoms with Gasteiger partial charge in [-0.2, -0.15) is 13.5 Å². The van der Waals surface area contributed by atoms with Gasteiger partial charge in [0.2, 0.25) is 0 Å². The van der Waals surface area contributed by atoms with Crippen LogP contribution in [0.2, 0.25) is 0 Å². The van der Waals surface area contributed by atoms with E-state index in [-0.39, 0.29) is 19.1 Å². The topological polar surface area (TPSA) is 65.0 Å². The lowest BCUT2D eigenvalue weighted by molar-refractivity contribution is -0.120. The summed E-state index contributed by atoms with van der Waals surface area (Å²) in [5, 5.41) is 21.9. The minimum absolute atomic E-state index is 0. The van der Waals surface area contributed by atoms with Crippen molar-refractivity contribution in [1.82, 2.24) is 9.62 Å². The highest BCUT2D eigenvalue weighted by atomic mass is 32.2. The van der Waals surface area contributed by atoms with Gasteiger partial charge in [0.25, 0.3) is 0 Å². The molecule has 0 aromatic heterocycles. The number of rotatable bonds is 9. The van der Waals surface area contributed by atoms with Crippen molar-refractivity contribution in [1.29, 1.82) is 0 Å². The van der Waals surface area contributed by atoms with Gasteiger partial charge in [0, 0.05) is 17.6 Å². The molecule has 1 rings (SSSR count). The van der Waals surface area contributed by atoms with Gasteiger partial charge in [-0.05, 0) is 39.9 Å². The summed E-state index contributed by atoms with van der Waals surface area (Å²) in [4.78, 5) is 0. The quantitative estimate of drug-likeness (QED) is 0.209. The molecular formula is C14H25FN2O3S2. The Labute approximate surface area is 142 Å². The third-order valence-electron chi connectivity index (χ3n) is 3.27. The van der Waals surface area contributed by atoms with Gasteiger partial charge >= 0.3 is 0 Å². The highest BCUT2D eigenvalue weighted by Gasteiger charge is 2.30. The molecule has 1 atom stereocenters. The molecule has 128 valence electrons.